The van der Waals surface area contributed by atoms with Gasteiger partial charge < -0.3 is 4.98 Å². The zero-order valence-corrected chi connectivity index (χ0v) is 9.62. The molecule has 0 aliphatic carbocycles. The fraction of sp³-hybridized carbons (Fsp3) is 0.182. The molecule has 0 saturated carbocycles. The molecule has 0 saturated heterocycles. The number of nitrogens with zero attached hydrogens (tertiary/aromatic N) is 3. The highest BCUT2D eigenvalue weighted by atomic mass is 19.4. The van der Waals surface area contributed by atoms with Crippen molar-refractivity contribution in [3.63, 3.8) is 0 Å². The number of alkyl halides is 3. The number of rotatable bonds is 0. The molecule has 2 heterocycles. The molecular weight excluding hydrogens is 261 g/mol. The highest BCUT2D eigenvalue weighted by molar-refractivity contribution is 5.91. The lowest BCUT2D eigenvalue weighted by Gasteiger charge is -2.00. The Morgan fingerprint density at radius 2 is 2.05 bits per heavy atom. The third-order valence-corrected chi connectivity index (χ3v) is 2.71. The summed E-state index contributed by atoms with van der Waals surface area (Å²) in [5.74, 6) is -1.33. The van der Waals surface area contributed by atoms with Crippen molar-refractivity contribution < 1.29 is 13.2 Å². The number of hydrogen-bond donors (Lipinski definition) is 1. The molecule has 2 aromatic heterocycles. The molecule has 0 bridgehead atoms. The number of benzene rings is 1. The van der Waals surface area contributed by atoms with E-state index in [0.29, 0.717) is 15.4 Å². The van der Waals surface area contributed by atoms with Gasteiger partial charge in [-0.05, 0) is 19.1 Å². The molecule has 0 atom stereocenters. The molecule has 0 radical (unpaired) electrons. The Kier molecular flexibility index (Phi) is 2.19. The summed E-state index contributed by atoms with van der Waals surface area (Å²) in [5.41, 5.74) is 0.409. The molecule has 5 nitrogen and oxygen atoms in total. The summed E-state index contributed by atoms with van der Waals surface area (Å²) in [6, 6.07) is 5.01. The summed E-state index contributed by atoms with van der Waals surface area (Å²) in [7, 11) is 0. The Bertz CT molecular complexity index is 847. The van der Waals surface area contributed by atoms with Crippen LogP contribution in [0.15, 0.2) is 23.0 Å². The number of fused-ring (bicyclic) bond motifs is 3. The van der Waals surface area contributed by atoms with Crippen molar-refractivity contribution in [1.82, 2.24) is 19.6 Å². The first-order valence-electron chi connectivity index (χ1n) is 5.33. The molecule has 1 aromatic carbocycles. The molecule has 98 valence electrons. The van der Waals surface area contributed by atoms with Gasteiger partial charge in [0.05, 0.1) is 5.52 Å². The first-order chi connectivity index (χ1) is 8.86. The van der Waals surface area contributed by atoms with Gasteiger partial charge in [0.1, 0.15) is 0 Å². The smallest absolute Gasteiger partial charge is 0.305 e. The zero-order chi connectivity index (χ0) is 13.8. The summed E-state index contributed by atoms with van der Waals surface area (Å²) < 4.78 is 38.4. The molecule has 1 N–H and O–H groups in total. The quantitative estimate of drug-likeness (QED) is 0.677. The molecule has 0 aliphatic rings. The minimum absolute atomic E-state index is 0.102. The van der Waals surface area contributed by atoms with Gasteiger partial charge in [0.2, 0.25) is 0 Å². The standard InChI is InChI=1S/C11H7F3N4O/c1-5-2-3-7-6(4-5)8-16-9(11(12,13)14)17-18(8)10(19)15-7/h2-4H,1H3,(H,15,19). The Hall–Kier alpha value is -2.38. The predicted molar refractivity (Wildman–Crippen MR) is 60.9 cm³/mol. The molecule has 0 aliphatic heterocycles. The van der Waals surface area contributed by atoms with Crippen molar-refractivity contribution in [3.05, 3.63) is 40.1 Å². The molecule has 8 heteroatoms. The van der Waals surface area contributed by atoms with Gasteiger partial charge in [-0.1, -0.05) is 11.6 Å². The Labute approximate surface area is 103 Å². The second-order valence-corrected chi connectivity index (χ2v) is 4.15. The van der Waals surface area contributed by atoms with Gasteiger partial charge in [0.25, 0.3) is 5.82 Å². The van der Waals surface area contributed by atoms with Crippen molar-refractivity contribution in [3.8, 4) is 0 Å². The number of aryl methyl sites for hydroxylation is 1. The van der Waals surface area contributed by atoms with E-state index in [1.807, 2.05) is 0 Å². The van der Waals surface area contributed by atoms with E-state index in [4.69, 9.17) is 0 Å². The highest BCUT2D eigenvalue weighted by Crippen LogP contribution is 2.27. The average Bonchev–Trinajstić information content (AvgIpc) is 2.76. The molecule has 3 rings (SSSR count). The number of nitrogens with one attached hydrogen (secondary N) is 1. The van der Waals surface area contributed by atoms with Crippen LogP contribution in [-0.4, -0.2) is 19.6 Å². The van der Waals surface area contributed by atoms with Crippen LogP contribution in [0.25, 0.3) is 16.6 Å². The third kappa shape index (κ3) is 1.76. The largest absolute Gasteiger partial charge is 0.453 e. The van der Waals surface area contributed by atoms with E-state index in [2.05, 4.69) is 15.1 Å². The maximum absolute atomic E-state index is 12.6. The van der Waals surface area contributed by atoms with Crippen LogP contribution in [-0.2, 0) is 6.18 Å². The van der Waals surface area contributed by atoms with E-state index >= 15 is 0 Å². The molecule has 0 amide bonds. The van der Waals surface area contributed by atoms with E-state index in [0.717, 1.165) is 5.56 Å². The van der Waals surface area contributed by atoms with E-state index in [-0.39, 0.29) is 5.65 Å². The van der Waals surface area contributed by atoms with Crippen LogP contribution < -0.4 is 5.69 Å². The minimum Gasteiger partial charge on any atom is -0.305 e. The number of halogens is 3. The van der Waals surface area contributed by atoms with Crippen LogP contribution in [0, 0.1) is 6.92 Å². The molecule has 0 fully saturated rings. The fourth-order valence-electron chi connectivity index (χ4n) is 1.87. The van der Waals surface area contributed by atoms with E-state index in [9.17, 15) is 18.0 Å². The van der Waals surface area contributed by atoms with Gasteiger partial charge in [-0.2, -0.15) is 17.7 Å². The van der Waals surface area contributed by atoms with Gasteiger partial charge in [0.15, 0.2) is 5.65 Å². The van der Waals surface area contributed by atoms with Crippen LogP contribution >= 0.6 is 0 Å². The Morgan fingerprint density at radius 1 is 1.32 bits per heavy atom. The lowest BCUT2D eigenvalue weighted by atomic mass is 10.2. The normalized spacial score (nSPS) is 12.4. The summed E-state index contributed by atoms with van der Waals surface area (Å²) in [5, 5.41) is 3.62. The number of aromatic nitrogens is 4. The number of hydrogen-bond acceptors (Lipinski definition) is 3. The van der Waals surface area contributed by atoms with Crippen LogP contribution in [0.5, 0.6) is 0 Å². The van der Waals surface area contributed by atoms with Crippen molar-refractivity contribution in [2.45, 2.75) is 13.1 Å². The van der Waals surface area contributed by atoms with Crippen LogP contribution in [0.4, 0.5) is 13.2 Å². The topological polar surface area (TPSA) is 63.0 Å². The molecular formula is C11H7F3N4O. The van der Waals surface area contributed by atoms with Gasteiger partial charge >= 0.3 is 11.9 Å². The summed E-state index contributed by atoms with van der Waals surface area (Å²) in [6.07, 6.45) is -4.69. The van der Waals surface area contributed by atoms with Gasteiger partial charge in [-0.25, -0.2) is 9.78 Å². The van der Waals surface area contributed by atoms with E-state index < -0.39 is 17.7 Å². The van der Waals surface area contributed by atoms with Crippen molar-refractivity contribution in [1.29, 1.82) is 0 Å². The first-order valence-corrected chi connectivity index (χ1v) is 5.33. The van der Waals surface area contributed by atoms with Crippen LogP contribution in [0.3, 0.4) is 0 Å². The zero-order valence-electron chi connectivity index (χ0n) is 9.62. The number of H-pyrrole nitrogens is 1. The Morgan fingerprint density at radius 3 is 2.74 bits per heavy atom. The Balaban J connectivity index is 2.49. The van der Waals surface area contributed by atoms with Crippen LogP contribution in [0.1, 0.15) is 11.4 Å². The van der Waals surface area contributed by atoms with Gasteiger partial charge in [-0.15, -0.1) is 5.10 Å². The lowest BCUT2D eigenvalue weighted by Crippen LogP contribution is -2.18. The molecule has 19 heavy (non-hydrogen) atoms. The van der Waals surface area contributed by atoms with Crippen molar-refractivity contribution >= 4 is 16.6 Å². The minimum atomic E-state index is -4.69. The monoisotopic (exact) mass is 268 g/mol. The second kappa shape index (κ2) is 3.56. The van der Waals surface area contributed by atoms with Crippen molar-refractivity contribution in [2.24, 2.45) is 0 Å². The van der Waals surface area contributed by atoms with E-state index in [1.54, 1.807) is 25.1 Å². The van der Waals surface area contributed by atoms with Crippen molar-refractivity contribution in [2.75, 3.05) is 0 Å². The predicted octanol–water partition coefficient (Wildman–Crippen LogP) is 1.90. The first kappa shape index (κ1) is 11.7. The van der Waals surface area contributed by atoms with Crippen LogP contribution in [0.2, 0.25) is 0 Å². The van der Waals surface area contributed by atoms with Gasteiger partial charge in [-0.3, -0.25) is 0 Å². The lowest BCUT2D eigenvalue weighted by molar-refractivity contribution is -0.144. The summed E-state index contributed by atoms with van der Waals surface area (Å²) in [4.78, 5) is 17.5. The van der Waals surface area contributed by atoms with Gasteiger partial charge in [0, 0.05) is 5.39 Å². The SMILES string of the molecule is Cc1ccc2[nH]c(=O)n3nc(C(F)(F)F)nc3c2c1. The maximum Gasteiger partial charge on any atom is 0.453 e. The van der Waals surface area contributed by atoms with E-state index in [1.165, 1.54) is 0 Å². The molecule has 3 aromatic rings. The molecule has 0 unspecified atom stereocenters. The summed E-state index contributed by atoms with van der Waals surface area (Å²) in [6.45, 7) is 1.79. The third-order valence-electron chi connectivity index (χ3n) is 2.71. The summed E-state index contributed by atoms with van der Waals surface area (Å²) >= 11 is 0. The second-order valence-electron chi connectivity index (χ2n) is 4.15. The number of aromatic amines is 1. The molecule has 0 spiro atoms. The fourth-order valence-corrected chi connectivity index (χ4v) is 1.87. The average molecular weight is 268 g/mol. The highest BCUT2D eigenvalue weighted by Gasteiger charge is 2.36. The maximum atomic E-state index is 12.6.